The zero-order valence-electron chi connectivity index (χ0n) is 19.3. The van der Waals surface area contributed by atoms with E-state index in [9.17, 15) is 18.0 Å². The van der Waals surface area contributed by atoms with Crippen LogP contribution in [0.3, 0.4) is 0 Å². The fraction of sp³-hybridized carbons (Fsp3) is 0.417. The second-order valence-corrected chi connectivity index (χ2v) is 10.2. The maximum Gasteiger partial charge on any atom is 0.327 e. The summed E-state index contributed by atoms with van der Waals surface area (Å²) in [6, 6.07) is 17.1. The maximum absolute atomic E-state index is 12.8. The molecule has 9 heteroatoms. The lowest BCUT2D eigenvalue weighted by molar-refractivity contribution is -0.158. The van der Waals surface area contributed by atoms with Crippen molar-refractivity contribution in [3.8, 4) is 0 Å². The molecule has 8 nitrogen and oxygen atoms in total. The van der Waals surface area contributed by atoms with Gasteiger partial charge in [0, 0.05) is 32.7 Å². The molecule has 0 spiro atoms. The van der Waals surface area contributed by atoms with Gasteiger partial charge >= 0.3 is 5.97 Å². The summed E-state index contributed by atoms with van der Waals surface area (Å²) in [5, 5.41) is 0. The van der Waals surface area contributed by atoms with Crippen LogP contribution < -0.4 is 4.31 Å². The predicted molar refractivity (Wildman–Crippen MR) is 127 cm³/mol. The Bertz CT molecular complexity index is 1070. The molecule has 1 aliphatic heterocycles. The summed E-state index contributed by atoms with van der Waals surface area (Å²) >= 11 is 0. The fourth-order valence-electron chi connectivity index (χ4n) is 3.85. The summed E-state index contributed by atoms with van der Waals surface area (Å²) in [7, 11) is -3.71. The molecule has 0 radical (unpaired) electrons. The van der Waals surface area contributed by atoms with Gasteiger partial charge in [-0.15, -0.1) is 0 Å². The quantitative estimate of drug-likeness (QED) is 0.546. The highest BCUT2D eigenvalue weighted by Crippen LogP contribution is 2.22. The van der Waals surface area contributed by atoms with Crippen molar-refractivity contribution in [1.82, 2.24) is 9.80 Å². The Balaban J connectivity index is 1.53. The van der Waals surface area contributed by atoms with E-state index in [-0.39, 0.29) is 5.91 Å². The topological polar surface area (TPSA) is 87.2 Å². The number of sulfonamides is 1. The Labute approximate surface area is 195 Å². The highest BCUT2D eigenvalue weighted by Gasteiger charge is 2.29. The van der Waals surface area contributed by atoms with E-state index in [0.29, 0.717) is 24.3 Å². The standard InChI is InChI=1S/C24H31N3O5S/c1-19-9-7-8-12-22(19)27(33(3,30)31)18-23(28)32-20(2)24(29)26-15-13-25(14-16-26)17-21-10-5-4-6-11-21/h4-12,20H,13-18H2,1-3H3. The van der Waals surface area contributed by atoms with Crippen LogP contribution in [0.1, 0.15) is 18.1 Å². The smallest absolute Gasteiger partial charge is 0.327 e. The molecule has 1 heterocycles. The van der Waals surface area contributed by atoms with Crippen molar-refractivity contribution in [3.05, 3.63) is 65.7 Å². The summed E-state index contributed by atoms with van der Waals surface area (Å²) in [4.78, 5) is 29.3. The van der Waals surface area contributed by atoms with Crippen LogP contribution in [0.5, 0.6) is 0 Å². The monoisotopic (exact) mass is 473 g/mol. The number of aryl methyl sites for hydroxylation is 1. The molecule has 1 saturated heterocycles. The van der Waals surface area contributed by atoms with Crippen LogP contribution in [0.25, 0.3) is 0 Å². The van der Waals surface area contributed by atoms with Crippen LogP contribution in [0.4, 0.5) is 5.69 Å². The highest BCUT2D eigenvalue weighted by molar-refractivity contribution is 7.92. The van der Waals surface area contributed by atoms with E-state index in [1.165, 1.54) is 12.5 Å². The summed E-state index contributed by atoms with van der Waals surface area (Å²) in [5.41, 5.74) is 2.35. The third-order valence-corrected chi connectivity index (χ3v) is 6.77. The minimum absolute atomic E-state index is 0.274. The second-order valence-electron chi connectivity index (χ2n) is 8.28. The molecule has 1 atom stereocenters. The van der Waals surface area contributed by atoms with Gasteiger partial charge in [-0.1, -0.05) is 48.5 Å². The van der Waals surface area contributed by atoms with Crippen molar-refractivity contribution in [2.45, 2.75) is 26.5 Å². The van der Waals surface area contributed by atoms with E-state index in [1.54, 1.807) is 36.1 Å². The molecule has 1 unspecified atom stereocenters. The Morgan fingerprint density at radius 2 is 1.61 bits per heavy atom. The molecular weight excluding hydrogens is 442 g/mol. The first kappa shape index (κ1) is 24.7. The molecule has 1 fully saturated rings. The second kappa shape index (κ2) is 10.8. The SMILES string of the molecule is Cc1ccccc1N(CC(=O)OC(C)C(=O)N1CCN(Cc2ccccc2)CC1)S(C)(=O)=O. The van der Waals surface area contributed by atoms with Crippen LogP contribution in [0.15, 0.2) is 54.6 Å². The van der Waals surface area contributed by atoms with Gasteiger partial charge in [0.25, 0.3) is 5.91 Å². The summed E-state index contributed by atoms with van der Waals surface area (Å²) in [6.07, 6.45) is 0.0485. The Morgan fingerprint density at radius 1 is 1.00 bits per heavy atom. The molecular formula is C24H31N3O5S. The van der Waals surface area contributed by atoms with E-state index in [4.69, 9.17) is 4.74 Å². The first-order chi connectivity index (χ1) is 15.6. The number of carbonyl (C=O) groups is 2. The lowest BCUT2D eigenvalue weighted by atomic mass is 10.2. The van der Waals surface area contributed by atoms with Crippen molar-refractivity contribution in [2.24, 2.45) is 0 Å². The molecule has 2 aromatic rings. The largest absolute Gasteiger partial charge is 0.451 e. The number of rotatable bonds is 8. The number of hydrogen-bond donors (Lipinski definition) is 0. The zero-order chi connectivity index (χ0) is 24.0. The number of amides is 1. The van der Waals surface area contributed by atoms with Gasteiger partial charge in [-0.25, -0.2) is 8.42 Å². The number of ether oxygens (including phenoxy) is 1. The minimum atomic E-state index is -3.71. The predicted octanol–water partition coefficient (Wildman–Crippen LogP) is 2.04. The molecule has 2 aromatic carbocycles. The van der Waals surface area contributed by atoms with Gasteiger partial charge in [-0.2, -0.15) is 0 Å². The van der Waals surface area contributed by atoms with Crippen molar-refractivity contribution >= 4 is 27.6 Å². The van der Waals surface area contributed by atoms with Crippen LogP contribution >= 0.6 is 0 Å². The average molecular weight is 474 g/mol. The summed E-state index contributed by atoms with van der Waals surface area (Å²) < 4.78 is 30.9. The Morgan fingerprint density at radius 3 is 2.21 bits per heavy atom. The van der Waals surface area contributed by atoms with Gasteiger partial charge in [-0.3, -0.25) is 18.8 Å². The summed E-state index contributed by atoms with van der Waals surface area (Å²) in [6.45, 7) is 6.18. The van der Waals surface area contributed by atoms with E-state index >= 15 is 0 Å². The Kier molecular flexibility index (Phi) is 8.10. The molecule has 33 heavy (non-hydrogen) atoms. The third-order valence-electron chi connectivity index (χ3n) is 5.65. The van der Waals surface area contributed by atoms with E-state index < -0.39 is 28.6 Å². The van der Waals surface area contributed by atoms with Gasteiger partial charge in [0.05, 0.1) is 11.9 Å². The maximum atomic E-state index is 12.8. The molecule has 0 N–H and O–H groups in total. The zero-order valence-corrected chi connectivity index (χ0v) is 20.1. The first-order valence-electron chi connectivity index (χ1n) is 10.9. The van der Waals surface area contributed by atoms with Crippen molar-refractivity contribution in [1.29, 1.82) is 0 Å². The highest BCUT2D eigenvalue weighted by atomic mass is 32.2. The number of carbonyl (C=O) groups excluding carboxylic acids is 2. The number of nitrogens with zero attached hydrogens (tertiary/aromatic N) is 3. The van der Waals surface area contributed by atoms with Gasteiger partial charge < -0.3 is 9.64 Å². The molecule has 178 valence electrons. The normalized spacial score (nSPS) is 15.7. The first-order valence-corrected chi connectivity index (χ1v) is 12.8. The molecule has 3 rings (SSSR count). The molecule has 0 bridgehead atoms. The number of anilines is 1. The van der Waals surface area contributed by atoms with Gasteiger partial charge in [0.1, 0.15) is 6.54 Å². The van der Waals surface area contributed by atoms with E-state index in [1.807, 2.05) is 18.2 Å². The minimum Gasteiger partial charge on any atom is -0.451 e. The van der Waals surface area contributed by atoms with Gasteiger partial charge in [0.2, 0.25) is 10.0 Å². The average Bonchev–Trinajstić information content (AvgIpc) is 2.78. The van der Waals surface area contributed by atoms with Crippen LogP contribution in [0.2, 0.25) is 0 Å². The van der Waals surface area contributed by atoms with Crippen molar-refractivity contribution < 1.29 is 22.7 Å². The van der Waals surface area contributed by atoms with E-state index in [2.05, 4.69) is 17.0 Å². The molecule has 1 amide bonds. The molecule has 1 aliphatic rings. The lowest BCUT2D eigenvalue weighted by Crippen LogP contribution is -2.51. The van der Waals surface area contributed by atoms with Crippen molar-refractivity contribution in [2.75, 3.05) is 43.3 Å². The number of piperazine rings is 1. The lowest BCUT2D eigenvalue weighted by Gasteiger charge is -2.35. The van der Waals surface area contributed by atoms with E-state index in [0.717, 1.165) is 30.2 Å². The van der Waals surface area contributed by atoms with Crippen molar-refractivity contribution in [3.63, 3.8) is 0 Å². The number of esters is 1. The number of benzene rings is 2. The molecule has 0 aliphatic carbocycles. The van der Waals surface area contributed by atoms with Crippen LogP contribution in [-0.4, -0.2) is 75.2 Å². The van der Waals surface area contributed by atoms with Gasteiger partial charge in [0.15, 0.2) is 6.10 Å². The van der Waals surface area contributed by atoms with Gasteiger partial charge in [-0.05, 0) is 31.0 Å². The third kappa shape index (κ3) is 6.79. The summed E-state index contributed by atoms with van der Waals surface area (Å²) in [5.74, 6) is -1.04. The number of hydrogen-bond acceptors (Lipinski definition) is 6. The van der Waals surface area contributed by atoms with Crippen LogP contribution in [0, 0.1) is 6.92 Å². The molecule has 0 aromatic heterocycles. The molecule has 0 saturated carbocycles. The number of para-hydroxylation sites is 1. The van der Waals surface area contributed by atoms with Crippen LogP contribution in [-0.2, 0) is 30.9 Å². The Hall–Kier alpha value is -2.91. The fourth-order valence-corrected chi connectivity index (χ4v) is 4.75.